The number of rotatable bonds is 6. The lowest BCUT2D eigenvalue weighted by Gasteiger charge is -2.13. The van der Waals surface area contributed by atoms with Gasteiger partial charge in [-0.15, -0.1) is 11.3 Å². The van der Waals surface area contributed by atoms with Crippen molar-refractivity contribution in [3.8, 4) is 0 Å². The van der Waals surface area contributed by atoms with Gasteiger partial charge in [-0.05, 0) is 30.5 Å². The second-order valence-electron chi connectivity index (χ2n) is 4.78. The van der Waals surface area contributed by atoms with Crippen LogP contribution in [0.25, 0.3) is 0 Å². The van der Waals surface area contributed by atoms with E-state index in [2.05, 4.69) is 36.3 Å². The molecule has 0 unspecified atom stereocenters. The monoisotopic (exact) mass is 303 g/mol. The van der Waals surface area contributed by atoms with Crippen LogP contribution in [0.2, 0.25) is 0 Å². The summed E-state index contributed by atoms with van der Waals surface area (Å²) in [5, 5.41) is 5.72. The van der Waals surface area contributed by atoms with Crippen molar-refractivity contribution >= 4 is 22.9 Å². The third kappa shape index (κ3) is 3.68. The lowest BCUT2D eigenvalue weighted by Crippen LogP contribution is -2.15. The third-order valence-electron chi connectivity index (χ3n) is 3.38. The Kier molecular flexibility index (Phi) is 5.47. The molecule has 0 bridgehead atoms. The summed E-state index contributed by atoms with van der Waals surface area (Å²) in [6, 6.07) is 6.14. The van der Waals surface area contributed by atoms with Crippen LogP contribution in [0, 0.1) is 0 Å². The predicted octanol–water partition coefficient (Wildman–Crippen LogP) is 3.02. The molecule has 0 aliphatic carbocycles. The van der Waals surface area contributed by atoms with Crippen molar-refractivity contribution in [3.05, 3.63) is 45.4 Å². The zero-order valence-electron chi connectivity index (χ0n) is 12.5. The van der Waals surface area contributed by atoms with E-state index in [1.165, 1.54) is 11.3 Å². The number of nitrogens with zero attached hydrogens (tertiary/aromatic N) is 1. The molecular formula is C16H21N3OS. The molecule has 1 aromatic carbocycles. The van der Waals surface area contributed by atoms with Crippen molar-refractivity contribution in [1.82, 2.24) is 4.98 Å². The standard InChI is InChI=1S/C16H21N3OS/c1-3-11-6-5-7-12(4-2)15(11)19-16(20)13-10-21-14(18-13)8-9-17/h5-7,10H,3-4,8-9,17H2,1-2H3,(H,19,20). The number of carbonyl (C=O) groups is 1. The van der Waals surface area contributed by atoms with Crippen molar-refractivity contribution in [2.24, 2.45) is 5.73 Å². The van der Waals surface area contributed by atoms with Crippen molar-refractivity contribution in [1.29, 1.82) is 0 Å². The van der Waals surface area contributed by atoms with Crippen molar-refractivity contribution < 1.29 is 4.79 Å². The molecule has 4 nitrogen and oxygen atoms in total. The minimum absolute atomic E-state index is 0.148. The van der Waals surface area contributed by atoms with E-state index < -0.39 is 0 Å². The summed E-state index contributed by atoms with van der Waals surface area (Å²) in [6.07, 6.45) is 2.49. The van der Waals surface area contributed by atoms with Gasteiger partial charge < -0.3 is 11.1 Å². The van der Waals surface area contributed by atoms with Gasteiger partial charge in [0.15, 0.2) is 0 Å². The lowest BCUT2D eigenvalue weighted by atomic mass is 10.0. The van der Waals surface area contributed by atoms with Gasteiger partial charge in [-0.3, -0.25) is 4.79 Å². The molecule has 0 saturated heterocycles. The molecule has 0 atom stereocenters. The van der Waals surface area contributed by atoms with Crippen LogP contribution < -0.4 is 11.1 Å². The van der Waals surface area contributed by atoms with Gasteiger partial charge in [-0.1, -0.05) is 32.0 Å². The summed E-state index contributed by atoms with van der Waals surface area (Å²) in [5.74, 6) is -0.148. The highest BCUT2D eigenvalue weighted by molar-refractivity contribution is 7.09. The minimum atomic E-state index is -0.148. The molecule has 112 valence electrons. The van der Waals surface area contributed by atoms with Crippen molar-refractivity contribution in [3.63, 3.8) is 0 Å². The molecule has 0 aliphatic rings. The van der Waals surface area contributed by atoms with Crippen LogP contribution in [0.15, 0.2) is 23.6 Å². The average molecular weight is 303 g/mol. The maximum Gasteiger partial charge on any atom is 0.275 e. The number of thiazole rings is 1. The second kappa shape index (κ2) is 7.33. The van der Waals surface area contributed by atoms with E-state index in [9.17, 15) is 4.79 Å². The molecule has 1 heterocycles. The van der Waals surface area contributed by atoms with E-state index in [0.717, 1.165) is 34.7 Å². The van der Waals surface area contributed by atoms with Crippen molar-refractivity contribution in [2.45, 2.75) is 33.1 Å². The fourth-order valence-corrected chi connectivity index (χ4v) is 3.03. The van der Waals surface area contributed by atoms with E-state index in [-0.39, 0.29) is 5.91 Å². The molecule has 1 amide bonds. The maximum atomic E-state index is 12.4. The molecule has 0 spiro atoms. The summed E-state index contributed by atoms with van der Waals surface area (Å²) >= 11 is 1.48. The summed E-state index contributed by atoms with van der Waals surface area (Å²) in [6.45, 7) is 4.73. The quantitative estimate of drug-likeness (QED) is 0.862. The van der Waals surface area contributed by atoms with Gasteiger partial charge in [-0.25, -0.2) is 4.98 Å². The van der Waals surface area contributed by atoms with Gasteiger partial charge in [0.1, 0.15) is 5.69 Å². The average Bonchev–Trinajstić information content (AvgIpc) is 2.96. The first kappa shape index (κ1) is 15.7. The molecular weight excluding hydrogens is 282 g/mol. The SMILES string of the molecule is CCc1cccc(CC)c1NC(=O)c1csc(CCN)n1. The summed E-state index contributed by atoms with van der Waals surface area (Å²) in [7, 11) is 0. The second-order valence-corrected chi connectivity index (χ2v) is 5.72. The number of amides is 1. The van der Waals surface area contributed by atoms with Crippen LogP contribution in [-0.2, 0) is 19.3 Å². The largest absolute Gasteiger partial charge is 0.330 e. The molecule has 21 heavy (non-hydrogen) atoms. The molecule has 1 aromatic heterocycles. The minimum Gasteiger partial charge on any atom is -0.330 e. The first-order valence-corrected chi connectivity index (χ1v) is 8.14. The van der Waals surface area contributed by atoms with E-state index in [1.54, 1.807) is 5.38 Å². The Hall–Kier alpha value is -1.72. The summed E-state index contributed by atoms with van der Waals surface area (Å²) < 4.78 is 0. The molecule has 0 saturated carbocycles. The summed E-state index contributed by atoms with van der Waals surface area (Å²) in [4.78, 5) is 16.7. The number of aromatic nitrogens is 1. The Morgan fingerprint density at radius 1 is 1.29 bits per heavy atom. The van der Waals surface area contributed by atoms with Gasteiger partial charge in [0.2, 0.25) is 0 Å². The van der Waals surface area contributed by atoms with Gasteiger partial charge in [0.25, 0.3) is 5.91 Å². The topological polar surface area (TPSA) is 68.0 Å². The third-order valence-corrected chi connectivity index (χ3v) is 4.29. The van der Waals surface area contributed by atoms with Crippen LogP contribution in [0.3, 0.4) is 0 Å². The highest BCUT2D eigenvalue weighted by Gasteiger charge is 2.14. The van der Waals surface area contributed by atoms with E-state index in [4.69, 9.17) is 5.73 Å². The van der Waals surface area contributed by atoms with Crippen molar-refractivity contribution in [2.75, 3.05) is 11.9 Å². The van der Waals surface area contributed by atoms with Gasteiger partial charge in [0.05, 0.1) is 5.01 Å². The van der Waals surface area contributed by atoms with E-state index in [1.807, 2.05) is 6.07 Å². The van der Waals surface area contributed by atoms with Crippen LogP contribution in [0.5, 0.6) is 0 Å². The number of hydrogen-bond acceptors (Lipinski definition) is 4. The van der Waals surface area contributed by atoms with Gasteiger partial charge >= 0.3 is 0 Å². The fraction of sp³-hybridized carbons (Fsp3) is 0.375. The van der Waals surface area contributed by atoms with Crippen LogP contribution >= 0.6 is 11.3 Å². The molecule has 0 aliphatic heterocycles. The smallest absolute Gasteiger partial charge is 0.275 e. The molecule has 3 N–H and O–H groups in total. The molecule has 5 heteroatoms. The Balaban J connectivity index is 2.22. The first-order valence-electron chi connectivity index (χ1n) is 7.26. The predicted molar refractivity (Wildman–Crippen MR) is 88.0 cm³/mol. The number of benzene rings is 1. The van der Waals surface area contributed by atoms with Crippen LogP contribution in [0.4, 0.5) is 5.69 Å². The Morgan fingerprint density at radius 2 is 1.95 bits per heavy atom. The van der Waals surface area contributed by atoms with E-state index >= 15 is 0 Å². The maximum absolute atomic E-state index is 12.4. The van der Waals surface area contributed by atoms with Crippen LogP contribution in [-0.4, -0.2) is 17.4 Å². The normalized spacial score (nSPS) is 10.6. The number of nitrogens with two attached hydrogens (primary N) is 1. The first-order chi connectivity index (χ1) is 10.2. The summed E-state index contributed by atoms with van der Waals surface area (Å²) in [5.41, 5.74) is 9.22. The number of aryl methyl sites for hydroxylation is 2. The molecule has 2 aromatic rings. The van der Waals surface area contributed by atoms with Gasteiger partial charge in [-0.2, -0.15) is 0 Å². The Labute approximate surface area is 129 Å². The Bertz CT molecular complexity index is 599. The fourth-order valence-electron chi connectivity index (χ4n) is 2.23. The van der Waals surface area contributed by atoms with Crippen LogP contribution in [0.1, 0.15) is 40.5 Å². The zero-order valence-corrected chi connectivity index (χ0v) is 13.3. The number of para-hydroxylation sites is 1. The number of anilines is 1. The van der Waals surface area contributed by atoms with Gasteiger partial charge in [0, 0.05) is 17.5 Å². The number of carbonyl (C=O) groups excluding carboxylic acids is 1. The molecule has 0 radical (unpaired) electrons. The Morgan fingerprint density at radius 3 is 2.52 bits per heavy atom. The highest BCUT2D eigenvalue weighted by atomic mass is 32.1. The number of hydrogen-bond donors (Lipinski definition) is 2. The zero-order chi connectivity index (χ0) is 15.2. The lowest BCUT2D eigenvalue weighted by molar-refractivity contribution is 0.102. The highest BCUT2D eigenvalue weighted by Crippen LogP contribution is 2.23. The van der Waals surface area contributed by atoms with E-state index in [0.29, 0.717) is 18.7 Å². The molecule has 0 fully saturated rings. The molecule has 2 rings (SSSR count). The number of nitrogens with one attached hydrogen (secondary N) is 1.